The Hall–Kier alpha value is -7.40. The van der Waals surface area contributed by atoms with Crippen LogP contribution in [0.1, 0.15) is 195 Å². The molecule has 0 aromatic carbocycles. The van der Waals surface area contributed by atoms with Crippen molar-refractivity contribution in [2.75, 3.05) is 128 Å². The maximum Gasteiger partial charge on any atom is 0.143 e. The molecule has 6 aliphatic heterocycles. The molecule has 0 amide bonds. The largest absolute Gasteiger partial charge is 0.396 e. The highest BCUT2D eigenvalue weighted by atomic mass is 16.3. The summed E-state index contributed by atoms with van der Waals surface area (Å²) in [5.41, 5.74) is 16.9. The Morgan fingerprint density at radius 3 is 1.74 bits per heavy atom. The van der Waals surface area contributed by atoms with Crippen molar-refractivity contribution in [3.05, 3.63) is 178 Å². The van der Waals surface area contributed by atoms with E-state index in [2.05, 4.69) is 192 Å². The number of nitrogens with zero attached hydrogens (tertiary/aromatic N) is 18. The minimum absolute atomic E-state index is 0.0204. The lowest BCUT2D eigenvalue weighted by Crippen LogP contribution is -2.50. The van der Waals surface area contributed by atoms with Gasteiger partial charge in [0, 0.05) is 141 Å². The molecule has 15 heterocycles. The van der Waals surface area contributed by atoms with E-state index in [4.69, 9.17) is 29.9 Å². The third-order valence-electron chi connectivity index (χ3n) is 23.7. The van der Waals surface area contributed by atoms with Crippen LogP contribution in [0.25, 0.3) is 16.9 Å². The number of pyridine rings is 6. The van der Waals surface area contributed by atoms with Crippen LogP contribution >= 0.6 is 0 Å². The van der Waals surface area contributed by atoms with Crippen molar-refractivity contribution < 1.29 is 10.2 Å². The zero-order valence-electron chi connectivity index (χ0n) is 60.0. The molecule has 0 saturated carbocycles. The number of likely N-dealkylation sites (tertiary alicyclic amines) is 3. The topological polar surface area (TPSA) is 160 Å². The maximum absolute atomic E-state index is 11.8. The van der Waals surface area contributed by atoms with E-state index in [1.54, 1.807) is 0 Å². The van der Waals surface area contributed by atoms with Crippen LogP contribution in [0.4, 0.5) is 17.5 Å². The number of imidazole rings is 3. The molecule has 524 valence electrons. The number of hydrogen-bond donors (Lipinski definition) is 2. The van der Waals surface area contributed by atoms with Crippen LogP contribution in [0.2, 0.25) is 0 Å². The van der Waals surface area contributed by atoms with Crippen LogP contribution in [0, 0.1) is 13.8 Å². The van der Waals surface area contributed by atoms with Gasteiger partial charge in [0.15, 0.2) is 0 Å². The molecule has 20 nitrogen and oxygen atoms in total. The van der Waals surface area contributed by atoms with Gasteiger partial charge in [-0.15, -0.1) is 0 Å². The molecule has 99 heavy (non-hydrogen) atoms. The molecular weight excluding hydrogens is 1230 g/mol. The Balaban J connectivity index is 0.681. The predicted octanol–water partition coefficient (Wildman–Crippen LogP) is 11.3. The van der Waals surface area contributed by atoms with E-state index >= 15 is 0 Å². The minimum Gasteiger partial charge on any atom is -0.396 e. The van der Waals surface area contributed by atoms with E-state index in [-0.39, 0.29) is 55.5 Å². The number of likely N-dealkylation sites (N-methyl/N-ethyl adjacent to an activating group) is 1. The van der Waals surface area contributed by atoms with E-state index in [1.807, 2.05) is 30.7 Å². The minimum atomic E-state index is -0.105. The molecule has 9 aromatic rings. The predicted molar refractivity (Wildman–Crippen MR) is 394 cm³/mol. The molecule has 0 bridgehead atoms. The lowest BCUT2D eigenvalue weighted by atomic mass is 9.88. The molecule has 1 unspecified atom stereocenters. The van der Waals surface area contributed by atoms with Gasteiger partial charge < -0.3 is 29.8 Å². The number of aliphatic hydroxyl groups excluding tert-OH is 2. The Morgan fingerprint density at radius 1 is 0.495 bits per heavy atom. The molecule has 6 fully saturated rings. The van der Waals surface area contributed by atoms with Gasteiger partial charge in [-0.2, -0.15) is 0 Å². The standard InChI is InChI=1S/C79H106N18O2/c1-54(2)60-19-15-34-82-76(60)66-23-9-20-63(87(66)7)61-52-96-72(91-40-36-86(6)37-41-91)30-28-58(78(96)84-61)49-57(5)90-44-46-93(47-45-90)73-31-29-59(79-85-77(69(53-99)97(73)79)67-24-11-22-65(88(67)8)74-55(3)17-13-32-80-74)50-89-38-42-92(43-39-89)71-27-12-26-70-83-62(51-95(70)71)64-21-10-25-68(94(64)35-16-48-98)75-56(4)18-14-33-81-75/h12-15,17-19,26-34,51-52,54,57,63-68,98-99H,9-11,16,20-25,35-50,53H2,1-8H3/t57?,63-,64-,65+,66+,67-,68+/m1/s1. The van der Waals surface area contributed by atoms with Crippen LogP contribution in [0.15, 0.2) is 110 Å². The van der Waals surface area contributed by atoms with E-state index in [1.165, 1.54) is 45.1 Å². The molecule has 15 rings (SSSR count). The van der Waals surface area contributed by atoms with Crippen molar-refractivity contribution in [2.24, 2.45) is 0 Å². The first-order valence-electron chi connectivity index (χ1n) is 37.4. The SMILES string of the molecule is Cc1cccnc1[C@@H]1CCC[C@H](c2nc3c(CN4CCN(c5cccc6nc([C@H]7CCC[C@@H](c8ncccc8C)N7CCCO)cn56)CC4)ccc(N4CCN(C(C)Cc5ccc(N6CCN(C)CC6)n6cc([C@H]7CCC[C@@H](c8ncccc8C(C)C)N7C)nc56)CC4)n3c2CO)N1C. The molecule has 0 spiro atoms. The molecule has 0 aliphatic carbocycles. The molecule has 7 atom stereocenters. The smallest absolute Gasteiger partial charge is 0.143 e. The summed E-state index contributed by atoms with van der Waals surface area (Å²) in [6.07, 6.45) is 21.7. The van der Waals surface area contributed by atoms with Gasteiger partial charge in [-0.05, 0) is 183 Å². The molecule has 20 heteroatoms. The Morgan fingerprint density at radius 2 is 1.05 bits per heavy atom. The number of piperidine rings is 3. The number of aromatic nitrogens is 9. The summed E-state index contributed by atoms with van der Waals surface area (Å²) in [4.78, 5) is 54.7. The van der Waals surface area contributed by atoms with E-state index in [9.17, 15) is 10.2 Å². The third-order valence-corrected chi connectivity index (χ3v) is 23.7. The van der Waals surface area contributed by atoms with Gasteiger partial charge in [0.05, 0.1) is 82.7 Å². The number of piperazine rings is 3. The second-order valence-electron chi connectivity index (χ2n) is 30.0. The lowest BCUT2D eigenvalue weighted by Gasteiger charge is -2.41. The fraction of sp³-hybridized carbons (Fsp3) is 0.544. The second kappa shape index (κ2) is 29.3. The van der Waals surface area contributed by atoms with E-state index < -0.39 is 0 Å². The average Bonchev–Trinajstić information content (AvgIpc) is 1.61. The summed E-state index contributed by atoms with van der Waals surface area (Å²) in [7, 11) is 6.79. The van der Waals surface area contributed by atoms with Gasteiger partial charge in [-0.25, -0.2) is 15.0 Å². The van der Waals surface area contributed by atoms with Crippen molar-refractivity contribution >= 4 is 34.4 Å². The summed E-state index contributed by atoms with van der Waals surface area (Å²) in [5.74, 6) is 3.92. The van der Waals surface area contributed by atoms with Crippen molar-refractivity contribution in [1.29, 1.82) is 0 Å². The first-order valence-corrected chi connectivity index (χ1v) is 37.4. The summed E-state index contributed by atoms with van der Waals surface area (Å²) in [6, 6.07) is 30.0. The van der Waals surface area contributed by atoms with E-state index in [0.717, 1.165) is 213 Å². The van der Waals surface area contributed by atoms with Crippen LogP contribution in [-0.4, -0.2) is 202 Å². The van der Waals surface area contributed by atoms with E-state index in [0.29, 0.717) is 12.3 Å². The molecule has 2 N–H and O–H groups in total. The van der Waals surface area contributed by atoms with Gasteiger partial charge >= 0.3 is 0 Å². The highest BCUT2D eigenvalue weighted by Crippen LogP contribution is 2.46. The Labute approximate surface area is 585 Å². The molecule has 6 saturated heterocycles. The number of hydrogen-bond acceptors (Lipinski definition) is 17. The molecule has 6 aliphatic rings. The van der Waals surface area contributed by atoms with Gasteiger partial charge in [0.1, 0.15) is 34.4 Å². The summed E-state index contributed by atoms with van der Waals surface area (Å²) in [5, 5.41) is 21.9. The maximum atomic E-state index is 11.8. The Bertz CT molecular complexity index is 4250. The summed E-state index contributed by atoms with van der Waals surface area (Å²) in [6.45, 7) is 24.1. The number of fused-ring (bicyclic) bond motifs is 3. The monoisotopic (exact) mass is 1340 g/mol. The van der Waals surface area contributed by atoms with Crippen LogP contribution < -0.4 is 14.7 Å². The molecule has 9 aromatic heterocycles. The van der Waals surface area contributed by atoms with Crippen LogP contribution in [0.3, 0.4) is 0 Å². The second-order valence-corrected chi connectivity index (χ2v) is 30.0. The highest BCUT2D eigenvalue weighted by Gasteiger charge is 2.39. The quantitative estimate of drug-likeness (QED) is 0.0786. The van der Waals surface area contributed by atoms with Crippen molar-refractivity contribution in [2.45, 2.75) is 167 Å². The number of rotatable bonds is 19. The summed E-state index contributed by atoms with van der Waals surface area (Å²) < 4.78 is 7.12. The summed E-state index contributed by atoms with van der Waals surface area (Å²) >= 11 is 0. The number of aryl methyl sites for hydroxylation is 2. The molecular formula is C79H106N18O2. The Kier molecular flexibility index (Phi) is 19.9. The van der Waals surface area contributed by atoms with Gasteiger partial charge in [-0.3, -0.25) is 52.7 Å². The zero-order valence-corrected chi connectivity index (χ0v) is 60.0. The first kappa shape index (κ1) is 67.4. The average molecular weight is 1340 g/mol. The fourth-order valence-electron chi connectivity index (χ4n) is 18.2. The van der Waals surface area contributed by atoms with Crippen molar-refractivity contribution in [3.8, 4) is 0 Å². The molecule has 0 radical (unpaired) electrons. The number of anilines is 3. The lowest BCUT2D eigenvalue weighted by molar-refractivity contribution is 0.0694. The van der Waals surface area contributed by atoms with Gasteiger partial charge in [0.2, 0.25) is 0 Å². The van der Waals surface area contributed by atoms with Crippen molar-refractivity contribution in [1.82, 2.24) is 72.5 Å². The highest BCUT2D eigenvalue weighted by molar-refractivity contribution is 5.62. The first-order chi connectivity index (χ1) is 48.3. The zero-order chi connectivity index (χ0) is 68.0. The van der Waals surface area contributed by atoms with Gasteiger partial charge in [0.25, 0.3) is 0 Å². The van der Waals surface area contributed by atoms with Crippen molar-refractivity contribution in [3.63, 3.8) is 0 Å². The fourth-order valence-corrected chi connectivity index (χ4v) is 18.2. The van der Waals surface area contributed by atoms with Crippen LogP contribution in [0.5, 0.6) is 0 Å². The van der Waals surface area contributed by atoms with Crippen LogP contribution in [-0.2, 0) is 19.6 Å². The normalized spacial score (nSPS) is 23.6. The number of aliphatic hydroxyl groups is 2. The van der Waals surface area contributed by atoms with Gasteiger partial charge in [-0.1, -0.05) is 50.2 Å². The third kappa shape index (κ3) is 13.3.